The van der Waals surface area contributed by atoms with Gasteiger partial charge in [0.2, 0.25) is 0 Å². The van der Waals surface area contributed by atoms with Crippen molar-refractivity contribution in [2.24, 2.45) is 0 Å². The Morgan fingerprint density at radius 2 is 1.59 bits per heavy atom. The first-order valence-corrected chi connectivity index (χ1v) is 8.15. The number of hydrogen-bond acceptors (Lipinski definition) is 4. The van der Waals surface area contributed by atoms with Crippen molar-refractivity contribution < 1.29 is 9.47 Å². The third kappa shape index (κ3) is 1.93. The van der Waals surface area contributed by atoms with E-state index in [0.717, 1.165) is 48.3 Å². The summed E-state index contributed by atoms with van der Waals surface area (Å²) in [6.07, 6.45) is 5.98. The minimum absolute atomic E-state index is 0.839. The zero-order valence-corrected chi connectivity index (χ0v) is 13.3. The molecule has 0 unspecified atom stereocenters. The van der Waals surface area contributed by atoms with Gasteiger partial charge in [0.05, 0.1) is 14.2 Å². The summed E-state index contributed by atoms with van der Waals surface area (Å²) in [6.45, 7) is 2.24. The predicted octanol–water partition coefficient (Wildman–Crippen LogP) is 3.34. The van der Waals surface area contributed by atoms with Crippen LogP contribution >= 0.6 is 0 Å². The molecule has 4 nitrogen and oxygen atoms in total. The fourth-order valence-electron chi connectivity index (χ4n) is 3.92. The molecule has 2 aliphatic rings. The molecule has 0 atom stereocenters. The SMILES string of the molecule is COc1ccc(OC)c2c3c(c(N4CCCC4)nc12)CCC3. The number of pyridine rings is 1. The largest absolute Gasteiger partial charge is 0.496 e. The molecule has 116 valence electrons. The van der Waals surface area contributed by atoms with Crippen LogP contribution in [0, 0.1) is 0 Å². The average Bonchev–Trinajstić information content (AvgIpc) is 3.24. The van der Waals surface area contributed by atoms with Crippen LogP contribution in [0.3, 0.4) is 0 Å². The topological polar surface area (TPSA) is 34.6 Å². The lowest BCUT2D eigenvalue weighted by molar-refractivity contribution is 0.409. The first-order valence-electron chi connectivity index (χ1n) is 8.15. The molecule has 1 aliphatic carbocycles. The highest BCUT2D eigenvalue weighted by Crippen LogP contribution is 2.42. The highest BCUT2D eigenvalue weighted by atomic mass is 16.5. The van der Waals surface area contributed by atoms with E-state index in [1.807, 2.05) is 12.1 Å². The Kier molecular flexibility index (Phi) is 3.32. The van der Waals surface area contributed by atoms with E-state index in [1.165, 1.54) is 36.2 Å². The summed E-state index contributed by atoms with van der Waals surface area (Å²) in [6, 6.07) is 3.96. The van der Waals surface area contributed by atoms with Gasteiger partial charge in [-0.2, -0.15) is 0 Å². The summed E-state index contributed by atoms with van der Waals surface area (Å²) in [5.74, 6) is 2.93. The summed E-state index contributed by atoms with van der Waals surface area (Å²) in [7, 11) is 3.45. The summed E-state index contributed by atoms with van der Waals surface area (Å²) in [5, 5.41) is 1.15. The van der Waals surface area contributed by atoms with Crippen molar-refractivity contribution in [3.8, 4) is 11.5 Å². The molecule has 2 heterocycles. The number of methoxy groups -OCH3 is 2. The third-order valence-electron chi connectivity index (χ3n) is 4.96. The van der Waals surface area contributed by atoms with Crippen LogP contribution in [0.1, 0.15) is 30.4 Å². The quantitative estimate of drug-likeness (QED) is 0.870. The van der Waals surface area contributed by atoms with E-state index in [-0.39, 0.29) is 0 Å². The maximum atomic E-state index is 5.61. The van der Waals surface area contributed by atoms with Crippen molar-refractivity contribution in [1.29, 1.82) is 0 Å². The van der Waals surface area contributed by atoms with Crippen molar-refractivity contribution in [3.63, 3.8) is 0 Å². The maximum Gasteiger partial charge on any atom is 0.145 e. The van der Waals surface area contributed by atoms with E-state index < -0.39 is 0 Å². The fraction of sp³-hybridized carbons (Fsp3) is 0.500. The molecule has 4 rings (SSSR count). The van der Waals surface area contributed by atoms with Crippen LogP contribution in [0.4, 0.5) is 5.82 Å². The second kappa shape index (κ2) is 5.34. The molecule has 0 amide bonds. The van der Waals surface area contributed by atoms with Gasteiger partial charge in [-0.1, -0.05) is 0 Å². The van der Waals surface area contributed by atoms with E-state index in [9.17, 15) is 0 Å². The van der Waals surface area contributed by atoms with Gasteiger partial charge in [0, 0.05) is 18.5 Å². The molecule has 0 saturated carbocycles. The highest BCUT2D eigenvalue weighted by molar-refractivity contribution is 5.96. The van der Waals surface area contributed by atoms with E-state index in [4.69, 9.17) is 14.5 Å². The Morgan fingerprint density at radius 3 is 2.32 bits per heavy atom. The Morgan fingerprint density at radius 1 is 0.909 bits per heavy atom. The number of ether oxygens (including phenoxy) is 2. The second-order valence-electron chi connectivity index (χ2n) is 6.13. The molecule has 22 heavy (non-hydrogen) atoms. The summed E-state index contributed by atoms with van der Waals surface area (Å²) in [4.78, 5) is 7.48. The van der Waals surface area contributed by atoms with Crippen LogP contribution in [0.5, 0.6) is 11.5 Å². The second-order valence-corrected chi connectivity index (χ2v) is 6.13. The molecule has 4 heteroatoms. The Hall–Kier alpha value is -1.97. The molecule has 0 N–H and O–H groups in total. The lowest BCUT2D eigenvalue weighted by Crippen LogP contribution is -2.21. The van der Waals surface area contributed by atoms with Crippen LogP contribution in [0.15, 0.2) is 12.1 Å². The van der Waals surface area contributed by atoms with Crippen LogP contribution in [0.2, 0.25) is 0 Å². The van der Waals surface area contributed by atoms with Gasteiger partial charge in [-0.15, -0.1) is 0 Å². The number of aryl methyl sites for hydroxylation is 1. The predicted molar refractivity (Wildman–Crippen MR) is 88.3 cm³/mol. The Labute approximate surface area is 131 Å². The molecule has 1 aromatic heterocycles. The van der Waals surface area contributed by atoms with Crippen LogP contribution < -0.4 is 14.4 Å². The monoisotopic (exact) mass is 298 g/mol. The van der Waals surface area contributed by atoms with Gasteiger partial charge >= 0.3 is 0 Å². The number of hydrogen-bond donors (Lipinski definition) is 0. The third-order valence-corrected chi connectivity index (χ3v) is 4.96. The standard InChI is InChI=1S/C18H22N2O2/c1-21-14-8-9-15(22-2)17-16(14)12-6-5-7-13(12)18(19-17)20-10-3-4-11-20/h8-9H,3-7,10-11H2,1-2H3. The molecular formula is C18H22N2O2. The van der Waals surface area contributed by atoms with Crippen molar-refractivity contribution in [1.82, 2.24) is 4.98 Å². The average molecular weight is 298 g/mol. The van der Waals surface area contributed by atoms with Gasteiger partial charge in [0.15, 0.2) is 0 Å². The van der Waals surface area contributed by atoms with Gasteiger partial charge < -0.3 is 14.4 Å². The van der Waals surface area contributed by atoms with E-state index in [0.29, 0.717) is 0 Å². The van der Waals surface area contributed by atoms with Gasteiger partial charge in [-0.05, 0) is 55.4 Å². The summed E-state index contributed by atoms with van der Waals surface area (Å²) in [5.41, 5.74) is 3.80. The van der Waals surface area contributed by atoms with Crippen molar-refractivity contribution in [2.45, 2.75) is 32.1 Å². The number of aromatic nitrogens is 1. The van der Waals surface area contributed by atoms with Gasteiger partial charge in [0.25, 0.3) is 0 Å². The van der Waals surface area contributed by atoms with E-state index in [1.54, 1.807) is 14.2 Å². The lowest BCUT2D eigenvalue weighted by atomic mass is 10.0. The number of benzene rings is 1. The van der Waals surface area contributed by atoms with Gasteiger partial charge in [-0.25, -0.2) is 4.98 Å². The van der Waals surface area contributed by atoms with E-state index >= 15 is 0 Å². The maximum absolute atomic E-state index is 5.61. The Balaban J connectivity index is 2.03. The molecule has 0 spiro atoms. The number of anilines is 1. The zero-order valence-electron chi connectivity index (χ0n) is 13.3. The zero-order chi connectivity index (χ0) is 15.1. The van der Waals surface area contributed by atoms with Crippen molar-refractivity contribution >= 4 is 16.7 Å². The molecule has 0 radical (unpaired) electrons. The van der Waals surface area contributed by atoms with Crippen molar-refractivity contribution in [2.75, 3.05) is 32.2 Å². The van der Waals surface area contributed by atoms with Crippen LogP contribution in [-0.4, -0.2) is 32.3 Å². The summed E-state index contributed by atoms with van der Waals surface area (Å²) < 4.78 is 11.2. The molecule has 2 aromatic rings. The minimum Gasteiger partial charge on any atom is -0.496 e. The number of nitrogens with zero attached hydrogens (tertiary/aromatic N) is 2. The normalized spacial score (nSPS) is 17.1. The first kappa shape index (κ1) is 13.7. The number of fused-ring (bicyclic) bond motifs is 3. The molecule has 1 aromatic carbocycles. The number of rotatable bonds is 3. The molecular weight excluding hydrogens is 276 g/mol. The molecule has 1 saturated heterocycles. The molecule has 1 fully saturated rings. The van der Waals surface area contributed by atoms with Crippen LogP contribution in [0.25, 0.3) is 10.9 Å². The van der Waals surface area contributed by atoms with Gasteiger partial charge in [-0.3, -0.25) is 0 Å². The van der Waals surface area contributed by atoms with Crippen molar-refractivity contribution in [3.05, 3.63) is 23.3 Å². The van der Waals surface area contributed by atoms with Gasteiger partial charge in [0.1, 0.15) is 22.8 Å². The summed E-state index contributed by atoms with van der Waals surface area (Å²) >= 11 is 0. The fourth-order valence-corrected chi connectivity index (χ4v) is 3.92. The lowest BCUT2D eigenvalue weighted by Gasteiger charge is -2.22. The minimum atomic E-state index is 0.839. The van der Waals surface area contributed by atoms with Crippen LogP contribution in [-0.2, 0) is 12.8 Å². The Bertz CT molecular complexity index is 721. The molecule has 1 aliphatic heterocycles. The first-order chi connectivity index (χ1) is 10.8. The highest BCUT2D eigenvalue weighted by Gasteiger charge is 2.27. The van der Waals surface area contributed by atoms with E-state index in [2.05, 4.69) is 4.90 Å². The molecule has 0 bridgehead atoms. The smallest absolute Gasteiger partial charge is 0.145 e.